The number of ether oxygens (including phenoxy) is 4. The molecule has 0 spiro atoms. The van der Waals surface area contributed by atoms with E-state index in [4.69, 9.17) is 37.0 Å². The number of aliphatic hydroxyl groups excluding tert-OH is 1. The van der Waals surface area contributed by atoms with Gasteiger partial charge < -0.3 is 33.8 Å². The van der Waals surface area contributed by atoms with Crippen LogP contribution in [0.25, 0.3) is 0 Å². The Labute approximate surface area is 600 Å². The summed E-state index contributed by atoms with van der Waals surface area (Å²) in [6, 6.07) is 0. The second-order valence-electron chi connectivity index (χ2n) is 29.4. The Hall–Kier alpha value is -1.94. The van der Waals surface area contributed by atoms with Crippen molar-refractivity contribution < 1.29 is 80.2 Å². The van der Waals surface area contributed by atoms with Gasteiger partial charge in [0.2, 0.25) is 0 Å². The van der Waals surface area contributed by atoms with Gasteiger partial charge in [0.1, 0.15) is 19.3 Å². The number of hydrogen-bond donors (Lipinski definition) is 3. The minimum absolute atomic E-state index is 0.104. The Morgan fingerprint density at radius 2 is 0.469 bits per heavy atom. The van der Waals surface area contributed by atoms with Gasteiger partial charge >= 0.3 is 39.5 Å². The molecule has 0 aliphatic rings. The highest BCUT2D eigenvalue weighted by Gasteiger charge is 2.30. The molecule has 0 bridgehead atoms. The fraction of sp³-hybridized carbons (Fsp3) is 0.949. The molecule has 98 heavy (non-hydrogen) atoms. The molecule has 0 aromatic rings. The SMILES string of the molecule is CCCCCCCCCCCCCCCCCCCCC(=O)OC[C@H](COP(=O)(O)OC[C@@H](O)COP(=O)(O)OC[C@@H](COC(=O)CCCCCCCCCCC)OC(=O)CCCCCCCCCC(C)C)OC(=O)CCCCCCCCCCCCCCCCCCCCC(C)C. The van der Waals surface area contributed by atoms with Crippen molar-refractivity contribution in [2.45, 2.75) is 432 Å². The third-order valence-corrected chi connectivity index (χ3v) is 20.4. The lowest BCUT2D eigenvalue weighted by Crippen LogP contribution is -2.30. The molecule has 0 aliphatic heterocycles. The summed E-state index contributed by atoms with van der Waals surface area (Å²) in [6.45, 7) is 9.57. The summed E-state index contributed by atoms with van der Waals surface area (Å²) in [5.74, 6) is -0.600. The van der Waals surface area contributed by atoms with E-state index in [1.54, 1.807) is 0 Å². The molecule has 5 atom stereocenters. The Kier molecular flexibility index (Phi) is 69.3. The number of phosphoric ester groups is 2. The van der Waals surface area contributed by atoms with Crippen molar-refractivity contribution in [3.8, 4) is 0 Å². The van der Waals surface area contributed by atoms with Gasteiger partial charge in [-0.25, -0.2) is 9.13 Å². The van der Waals surface area contributed by atoms with E-state index in [1.165, 1.54) is 231 Å². The number of unbranched alkanes of at least 4 members (excludes halogenated alkanes) is 48. The van der Waals surface area contributed by atoms with E-state index in [0.717, 1.165) is 95.8 Å². The van der Waals surface area contributed by atoms with Gasteiger partial charge in [0.15, 0.2) is 12.2 Å². The minimum atomic E-state index is -4.96. The summed E-state index contributed by atoms with van der Waals surface area (Å²) in [5, 5.41) is 10.6. The van der Waals surface area contributed by atoms with Gasteiger partial charge in [0.05, 0.1) is 26.4 Å². The molecule has 0 rings (SSSR count). The molecule has 0 aliphatic carbocycles. The second kappa shape index (κ2) is 70.7. The quantitative estimate of drug-likeness (QED) is 0.0222. The maximum atomic E-state index is 13.1. The van der Waals surface area contributed by atoms with Gasteiger partial charge in [-0.1, -0.05) is 363 Å². The third-order valence-electron chi connectivity index (χ3n) is 18.5. The molecule has 582 valence electrons. The van der Waals surface area contributed by atoms with Gasteiger partial charge in [0, 0.05) is 25.7 Å². The Morgan fingerprint density at radius 1 is 0.276 bits per heavy atom. The highest BCUT2D eigenvalue weighted by atomic mass is 31.2. The molecule has 0 amide bonds. The summed E-state index contributed by atoms with van der Waals surface area (Å²) in [5.41, 5.74) is 0. The number of esters is 4. The molecule has 0 saturated heterocycles. The Balaban J connectivity index is 5.18. The number of carbonyl (C=O) groups excluding carboxylic acids is 4. The van der Waals surface area contributed by atoms with E-state index in [2.05, 4.69) is 41.5 Å². The van der Waals surface area contributed by atoms with Crippen molar-refractivity contribution in [2.24, 2.45) is 11.8 Å². The van der Waals surface area contributed by atoms with Crippen LogP contribution in [0.1, 0.15) is 414 Å². The van der Waals surface area contributed by atoms with Crippen molar-refractivity contribution in [3.63, 3.8) is 0 Å². The van der Waals surface area contributed by atoms with Crippen LogP contribution in [0.5, 0.6) is 0 Å². The fourth-order valence-corrected chi connectivity index (χ4v) is 13.8. The first-order valence-electron chi connectivity index (χ1n) is 41.0. The lowest BCUT2D eigenvalue weighted by molar-refractivity contribution is -0.161. The fourth-order valence-electron chi connectivity index (χ4n) is 12.2. The average Bonchev–Trinajstić information content (AvgIpc) is 0.933. The van der Waals surface area contributed by atoms with Gasteiger partial charge in [-0.3, -0.25) is 37.3 Å². The summed E-state index contributed by atoms with van der Waals surface area (Å²) >= 11 is 0. The lowest BCUT2D eigenvalue weighted by atomic mass is 10.0. The molecule has 3 N–H and O–H groups in total. The van der Waals surface area contributed by atoms with Crippen molar-refractivity contribution in [3.05, 3.63) is 0 Å². The van der Waals surface area contributed by atoms with E-state index in [1.807, 2.05) is 0 Å². The monoisotopic (exact) mass is 1440 g/mol. The normalized spacial score (nSPS) is 13.9. The molecular formula is C79H154O17P2. The second-order valence-corrected chi connectivity index (χ2v) is 32.3. The number of aliphatic hydroxyl groups is 1. The van der Waals surface area contributed by atoms with E-state index < -0.39 is 97.5 Å². The zero-order chi connectivity index (χ0) is 72.1. The highest BCUT2D eigenvalue weighted by molar-refractivity contribution is 7.47. The zero-order valence-corrected chi connectivity index (χ0v) is 65.9. The van der Waals surface area contributed by atoms with Gasteiger partial charge in [-0.2, -0.15) is 0 Å². The summed E-state index contributed by atoms with van der Waals surface area (Å²) < 4.78 is 68.5. The van der Waals surface area contributed by atoms with E-state index in [0.29, 0.717) is 31.6 Å². The van der Waals surface area contributed by atoms with Gasteiger partial charge in [-0.15, -0.1) is 0 Å². The maximum Gasteiger partial charge on any atom is 0.472 e. The number of rotatable bonds is 78. The van der Waals surface area contributed by atoms with Crippen molar-refractivity contribution in [1.82, 2.24) is 0 Å². The van der Waals surface area contributed by atoms with Crippen LogP contribution in [0.3, 0.4) is 0 Å². The predicted octanol–water partition coefficient (Wildman–Crippen LogP) is 23.5. The average molecular weight is 1440 g/mol. The molecule has 0 saturated carbocycles. The largest absolute Gasteiger partial charge is 0.472 e. The summed E-state index contributed by atoms with van der Waals surface area (Å²) in [4.78, 5) is 72.8. The van der Waals surface area contributed by atoms with Crippen LogP contribution in [-0.4, -0.2) is 96.7 Å². The van der Waals surface area contributed by atoms with Crippen molar-refractivity contribution in [1.29, 1.82) is 0 Å². The molecule has 2 unspecified atom stereocenters. The topological polar surface area (TPSA) is 237 Å². The smallest absolute Gasteiger partial charge is 0.462 e. The molecule has 0 aromatic heterocycles. The van der Waals surface area contributed by atoms with Crippen molar-refractivity contribution >= 4 is 39.5 Å². The number of phosphoric acid groups is 2. The van der Waals surface area contributed by atoms with Gasteiger partial charge in [0.25, 0.3) is 0 Å². The van der Waals surface area contributed by atoms with E-state index >= 15 is 0 Å². The third kappa shape index (κ3) is 72.4. The summed E-state index contributed by atoms with van der Waals surface area (Å²) in [7, 11) is -9.91. The van der Waals surface area contributed by atoms with E-state index in [-0.39, 0.29) is 25.7 Å². The molecule has 0 fully saturated rings. The standard InChI is InChI=1S/C79H154O17P2/c1-7-9-11-13-15-17-18-19-20-21-25-28-31-34-38-44-50-56-62-77(82)90-67-74(95-78(83)63-57-51-45-39-35-32-29-26-23-22-24-27-30-33-37-41-47-53-59-71(3)4)69-93-97(85,86)91-65-73(80)66-92-98(87,88)94-70-75(68-89-76(81)61-55-49-43-36-16-14-12-10-8-2)96-79(84)64-58-52-46-40-42-48-54-60-72(5)6/h71-75,80H,7-70H2,1-6H3,(H,85,86)(H,87,88)/t73-,74-,75-/m1/s1. The van der Waals surface area contributed by atoms with Gasteiger partial charge in [-0.05, 0) is 37.5 Å². The Morgan fingerprint density at radius 3 is 0.694 bits per heavy atom. The number of hydrogen-bond acceptors (Lipinski definition) is 15. The van der Waals surface area contributed by atoms with Crippen LogP contribution in [0, 0.1) is 11.8 Å². The first-order chi connectivity index (χ1) is 47.4. The van der Waals surface area contributed by atoms with Crippen LogP contribution in [0.4, 0.5) is 0 Å². The molecule has 19 heteroatoms. The van der Waals surface area contributed by atoms with Crippen molar-refractivity contribution in [2.75, 3.05) is 39.6 Å². The lowest BCUT2D eigenvalue weighted by Gasteiger charge is -2.21. The Bertz CT molecular complexity index is 1890. The van der Waals surface area contributed by atoms with Crippen LogP contribution >= 0.6 is 15.6 Å². The summed E-state index contributed by atoms with van der Waals surface area (Å²) in [6.07, 6.45) is 59.9. The van der Waals surface area contributed by atoms with Crippen LogP contribution in [-0.2, 0) is 65.4 Å². The van der Waals surface area contributed by atoms with Crippen LogP contribution in [0.2, 0.25) is 0 Å². The first kappa shape index (κ1) is 96.1. The molecule has 0 heterocycles. The molecule has 17 nitrogen and oxygen atoms in total. The molecular weight excluding hydrogens is 1280 g/mol. The maximum absolute atomic E-state index is 13.1. The molecule has 0 radical (unpaired) electrons. The minimum Gasteiger partial charge on any atom is -0.462 e. The van der Waals surface area contributed by atoms with Crippen LogP contribution < -0.4 is 0 Å². The predicted molar refractivity (Wildman–Crippen MR) is 400 cm³/mol. The van der Waals surface area contributed by atoms with Crippen LogP contribution in [0.15, 0.2) is 0 Å². The van der Waals surface area contributed by atoms with E-state index in [9.17, 15) is 43.2 Å². The number of carbonyl (C=O) groups is 4. The zero-order valence-electron chi connectivity index (χ0n) is 64.1. The first-order valence-corrected chi connectivity index (χ1v) is 44.0. The molecule has 0 aromatic carbocycles. The highest BCUT2D eigenvalue weighted by Crippen LogP contribution is 2.45.